The molecule has 2 rings (SSSR count). The fourth-order valence-corrected chi connectivity index (χ4v) is 3.29. The van der Waals surface area contributed by atoms with E-state index in [4.69, 9.17) is 0 Å². The maximum absolute atomic E-state index is 2.64. The van der Waals surface area contributed by atoms with Crippen molar-refractivity contribution >= 4 is 0 Å². The van der Waals surface area contributed by atoms with Gasteiger partial charge in [-0.05, 0) is 50.0 Å². The van der Waals surface area contributed by atoms with Crippen LogP contribution in [0, 0.1) is 11.3 Å². The summed E-state index contributed by atoms with van der Waals surface area (Å²) >= 11 is 0. The van der Waals surface area contributed by atoms with E-state index >= 15 is 0 Å². The van der Waals surface area contributed by atoms with E-state index in [0.717, 1.165) is 5.92 Å². The van der Waals surface area contributed by atoms with E-state index in [1.54, 1.807) is 11.1 Å². The van der Waals surface area contributed by atoms with Crippen molar-refractivity contribution in [3.63, 3.8) is 0 Å². The van der Waals surface area contributed by atoms with Crippen molar-refractivity contribution in [3.8, 4) is 0 Å². The summed E-state index contributed by atoms with van der Waals surface area (Å²) in [7, 11) is 0. The number of rotatable bonds is 4. The highest BCUT2D eigenvalue weighted by Crippen LogP contribution is 2.31. The SMILES string of the molecule is CC1CCN(CCC2=CC=C(CC(C)(C)C)CC2)C1. The Kier molecular flexibility index (Phi) is 4.89. The van der Waals surface area contributed by atoms with Crippen LogP contribution < -0.4 is 0 Å². The Morgan fingerprint density at radius 2 is 1.84 bits per heavy atom. The molecule has 1 unspecified atom stereocenters. The maximum atomic E-state index is 2.64. The summed E-state index contributed by atoms with van der Waals surface area (Å²) in [5, 5.41) is 0. The molecule has 1 atom stereocenters. The molecule has 1 aliphatic heterocycles. The molecule has 0 saturated carbocycles. The first kappa shape index (κ1) is 14.8. The molecule has 0 bridgehead atoms. The molecule has 2 aliphatic rings. The molecule has 1 heteroatoms. The summed E-state index contributed by atoms with van der Waals surface area (Å²) in [6.45, 7) is 13.3. The Morgan fingerprint density at radius 3 is 2.37 bits per heavy atom. The summed E-state index contributed by atoms with van der Waals surface area (Å²) in [5.74, 6) is 0.915. The first-order valence-corrected chi connectivity index (χ1v) is 8.02. The molecule has 1 aliphatic carbocycles. The van der Waals surface area contributed by atoms with Crippen LogP contribution in [0.25, 0.3) is 0 Å². The molecule has 0 N–H and O–H groups in total. The first-order valence-electron chi connectivity index (χ1n) is 8.02. The van der Waals surface area contributed by atoms with E-state index in [0.29, 0.717) is 5.41 Å². The summed E-state index contributed by atoms with van der Waals surface area (Å²) in [6.07, 6.45) is 11.3. The molecule has 1 fully saturated rings. The lowest BCUT2D eigenvalue weighted by atomic mass is 9.83. The summed E-state index contributed by atoms with van der Waals surface area (Å²) in [6, 6.07) is 0. The zero-order chi connectivity index (χ0) is 13.9. The fourth-order valence-electron chi connectivity index (χ4n) is 3.29. The molecule has 0 aromatic rings. The highest BCUT2D eigenvalue weighted by Gasteiger charge is 2.19. The molecule has 1 nitrogen and oxygen atoms in total. The van der Waals surface area contributed by atoms with Crippen molar-refractivity contribution in [2.75, 3.05) is 19.6 Å². The van der Waals surface area contributed by atoms with Gasteiger partial charge in [-0.3, -0.25) is 0 Å². The molecule has 0 amide bonds. The van der Waals surface area contributed by atoms with E-state index in [-0.39, 0.29) is 0 Å². The molecule has 108 valence electrons. The van der Waals surface area contributed by atoms with Crippen LogP contribution in [0.2, 0.25) is 0 Å². The van der Waals surface area contributed by atoms with E-state index in [2.05, 4.69) is 44.7 Å². The van der Waals surface area contributed by atoms with Gasteiger partial charge < -0.3 is 4.90 Å². The summed E-state index contributed by atoms with van der Waals surface area (Å²) in [5.41, 5.74) is 3.74. The van der Waals surface area contributed by atoms with Gasteiger partial charge in [0.25, 0.3) is 0 Å². The van der Waals surface area contributed by atoms with E-state index in [1.165, 1.54) is 51.7 Å². The average molecular weight is 261 g/mol. The molecule has 0 aromatic carbocycles. The van der Waals surface area contributed by atoms with Crippen molar-refractivity contribution in [3.05, 3.63) is 23.3 Å². The van der Waals surface area contributed by atoms with Crippen LogP contribution in [0.4, 0.5) is 0 Å². The number of hydrogen-bond donors (Lipinski definition) is 0. The standard InChI is InChI=1S/C18H31N/c1-15-9-11-19(14-15)12-10-16-5-7-17(8-6-16)13-18(2,3)4/h5,7,15H,6,8-14H2,1-4H3. The number of allylic oxidation sites excluding steroid dienone is 3. The Balaban J connectivity index is 1.77. The van der Waals surface area contributed by atoms with Crippen molar-refractivity contribution in [1.29, 1.82) is 0 Å². The minimum Gasteiger partial charge on any atom is -0.303 e. The predicted molar refractivity (Wildman–Crippen MR) is 84.3 cm³/mol. The zero-order valence-electron chi connectivity index (χ0n) is 13.3. The summed E-state index contributed by atoms with van der Waals surface area (Å²) < 4.78 is 0. The molecule has 19 heavy (non-hydrogen) atoms. The zero-order valence-corrected chi connectivity index (χ0v) is 13.3. The fraction of sp³-hybridized carbons (Fsp3) is 0.778. The maximum Gasteiger partial charge on any atom is 0.00188 e. The van der Waals surface area contributed by atoms with E-state index in [9.17, 15) is 0 Å². The van der Waals surface area contributed by atoms with E-state index in [1.807, 2.05) is 0 Å². The Labute approximate surface area is 119 Å². The van der Waals surface area contributed by atoms with Crippen LogP contribution in [0.5, 0.6) is 0 Å². The molecule has 0 radical (unpaired) electrons. The number of nitrogens with zero attached hydrogens (tertiary/aromatic N) is 1. The van der Waals surface area contributed by atoms with Crippen molar-refractivity contribution < 1.29 is 0 Å². The Hall–Kier alpha value is -0.560. The smallest absolute Gasteiger partial charge is 0.00188 e. The lowest BCUT2D eigenvalue weighted by molar-refractivity contribution is 0.330. The molecular weight excluding hydrogens is 230 g/mol. The topological polar surface area (TPSA) is 3.24 Å². The first-order chi connectivity index (χ1) is 8.92. The second-order valence-electron chi connectivity index (χ2n) is 7.83. The number of likely N-dealkylation sites (tertiary alicyclic amines) is 1. The highest BCUT2D eigenvalue weighted by molar-refractivity contribution is 5.24. The van der Waals surface area contributed by atoms with Gasteiger partial charge in [-0.2, -0.15) is 0 Å². The third kappa shape index (κ3) is 5.14. The van der Waals surface area contributed by atoms with Gasteiger partial charge in [0.05, 0.1) is 0 Å². The van der Waals surface area contributed by atoms with Gasteiger partial charge >= 0.3 is 0 Å². The second kappa shape index (κ2) is 6.26. The van der Waals surface area contributed by atoms with Crippen LogP contribution in [-0.2, 0) is 0 Å². The van der Waals surface area contributed by atoms with Crippen molar-refractivity contribution in [2.24, 2.45) is 11.3 Å². The lowest BCUT2D eigenvalue weighted by Gasteiger charge is -2.23. The van der Waals surface area contributed by atoms with Gasteiger partial charge in [0, 0.05) is 13.1 Å². The third-order valence-electron chi connectivity index (χ3n) is 4.34. The van der Waals surface area contributed by atoms with Crippen LogP contribution in [-0.4, -0.2) is 24.5 Å². The Morgan fingerprint density at radius 1 is 1.16 bits per heavy atom. The van der Waals surface area contributed by atoms with E-state index < -0.39 is 0 Å². The quantitative estimate of drug-likeness (QED) is 0.702. The van der Waals surface area contributed by atoms with Crippen molar-refractivity contribution in [2.45, 2.75) is 59.8 Å². The van der Waals surface area contributed by atoms with Gasteiger partial charge in [-0.15, -0.1) is 0 Å². The van der Waals surface area contributed by atoms with Crippen LogP contribution in [0.3, 0.4) is 0 Å². The molecule has 0 spiro atoms. The molecule has 1 heterocycles. The molecule has 1 saturated heterocycles. The van der Waals surface area contributed by atoms with Gasteiger partial charge in [0.2, 0.25) is 0 Å². The van der Waals surface area contributed by atoms with Crippen molar-refractivity contribution in [1.82, 2.24) is 4.90 Å². The second-order valence-corrected chi connectivity index (χ2v) is 7.83. The van der Waals surface area contributed by atoms with Crippen LogP contribution >= 0.6 is 0 Å². The van der Waals surface area contributed by atoms with Gasteiger partial charge in [-0.1, -0.05) is 51.0 Å². The lowest BCUT2D eigenvalue weighted by Crippen LogP contribution is -2.22. The van der Waals surface area contributed by atoms with Crippen LogP contribution in [0.15, 0.2) is 23.3 Å². The largest absolute Gasteiger partial charge is 0.303 e. The normalized spacial score (nSPS) is 25.4. The highest BCUT2D eigenvalue weighted by atomic mass is 15.1. The minimum atomic E-state index is 0.433. The van der Waals surface area contributed by atoms with Gasteiger partial charge in [-0.25, -0.2) is 0 Å². The molecular formula is C18H31N. The van der Waals surface area contributed by atoms with Gasteiger partial charge in [0.15, 0.2) is 0 Å². The predicted octanol–water partition coefficient (Wildman–Crippen LogP) is 4.80. The summed E-state index contributed by atoms with van der Waals surface area (Å²) in [4.78, 5) is 2.64. The van der Waals surface area contributed by atoms with Crippen LogP contribution in [0.1, 0.15) is 59.8 Å². The Bertz CT molecular complexity index is 356. The number of hydrogen-bond acceptors (Lipinski definition) is 1. The minimum absolute atomic E-state index is 0.433. The molecule has 0 aromatic heterocycles. The monoisotopic (exact) mass is 261 g/mol. The van der Waals surface area contributed by atoms with Gasteiger partial charge in [0.1, 0.15) is 0 Å². The average Bonchev–Trinajstić information content (AvgIpc) is 2.72. The third-order valence-corrected chi connectivity index (χ3v) is 4.34.